The van der Waals surface area contributed by atoms with Gasteiger partial charge in [-0.2, -0.15) is 0 Å². The molecule has 0 spiro atoms. The highest BCUT2D eigenvalue weighted by Crippen LogP contribution is 2.54. The van der Waals surface area contributed by atoms with Crippen LogP contribution in [0.2, 0.25) is 0 Å². The third-order valence-corrected chi connectivity index (χ3v) is 6.97. The molecule has 1 fully saturated rings. The first kappa shape index (κ1) is 17.7. The summed E-state index contributed by atoms with van der Waals surface area (Å²) in [4.78, 5) is 34.0. The van der Waals surface area contributed by atoms with Gasteiger partial charge < -0.3 is 15.3 Å². The highest BCUT2D eigenvalue weighted by molar-refractivity contribution is 6.00. The van der Waals surface area contributed by atoms with E-state index in [2.05, 4.69) is 5.32 Å². The molecule has 0 saturated carbocycles. The molecule has 1 amide bonds. The molecular weight excluding hydrogens is 404 g/mol. The Morgan fingerprint density at radius 1 is 0.969 bits per heavy atom. The highest BCUT2D eigenvalue weighted by atomic mass is 16.3. The molecule has 4 aromatic rings. The van der Waals surface area contributed by atoms with Crippen LogP contribution in [0.1, 0.15) is 34.2 Å². The van der Waals surface area contributed by atoms with E-state index in [1.54, 1.807) is 39.8 Å². The first-order valence-electron chi connectivity index (χ1n) is 10.6. The minimum absolute atomic E-state index is 0.217. The van der Waals surface area contributed by atoms with Crippen LogP contribution in [-0.4, -0.2) is 31.6 Å². The van der Waals surface area contributed by atoms with E-state index in [0.717, 1.165) is 11.3 Å². The van der Waals surface area contributed by atoms with Crippen LogP contribution >= 0.6 is 0 Å². The van der Waals surface area contributed by atoms with Gasteiger partial charge >= 0.3 is 0 Å². The van der Waals surface area contributed by atoms with Gasteiger partial charge in [0.1, 0.15) is 17.6 Å². The van der Waals surface area contributed by atoms with E-state index >= 15 is 0 Å². The Hall–Kier alpha value is -3.97. The number of benzene rings is 3. The molecule has 32 heavy (non-hydrogen) atoms. The first-order valence-corrected chi connectivity index (χ1v) is 10.6. The van der Waals surface area contributed by atoms with Crippen molar-refractivity contribution < 1.29 is 9.90 Å². The summed E-state index contributed by atoms with van der Waals surface area (Å²) in [7, 11) is 0. The van der Waals surface area contributed by atoms with Crippen molar-refractivity contribution in [2.75, 3.05) is 5.32 Å². The minimum Gasteiger partial charge on any atom is -0.381 e. The number of carbonyl (C=O) groups is 1. The lowest BCUT2D eigenvalue weighted by molar-refractivity contribution is 0.0185. The number of anilines is 1. The van der Waals surface area contributed by atoms with Crippen molar-refractivity contribution in [3.05, 3.63) is 100 Å². The van der Waals surface area contributed by atoms with E-state index in [0.29, 0.717) is 28.0 Å². The molecule has 0 aliphatic carbocycles. The zero-order valence-corrected chi connectivity index (χ0v) is 16.9. The lowest BCUT2D eigenvalue weighted by Crippen LogP contribution is -2.46. The fourth-order valence-electron chi connectivity index (χ4n) is 5.56. The minimum atomic E-state index is -1.28. The van der Waals surface area contributed by atoms with Gasteiger partial charge in [0.15, 0.2) is 0 Å². The van der Waals surface area contributed by atoms with Crippen molar-refractivity contribution >= 4 is 22.5 Å². The normalized spacial score (nSPS) is 24.8. The van der Waals surface area contributed by atoms with Gasteiger partial charge in [0.2, 0.25) is 0 Å². The Balaban J connectivity index is 1.56. The molecule has 3 aliphatic heterocycles. The number of hydrogen-bond acceptors (Lipinski definition) is 5. The number of hydrogen-bond donors (Lipinski definition) is 2. The first-order chi connectivity index (χ1) is 15.6. The SMILES string of the molecule is O=C1c2ccccc2-n2c(nc3ccccc3c2=O)[C@@H]2C[C@]3(O)c4ccccc4NC3N12. The number of aromatic nitrogens is 2. The van der Waals surface area contributed by atoms with Gasteiger partial charge in [-0.3, -0.25) is 14.2 Å². The predicted octanol–water partition coefficient (Wildman–Crippen LogP) is 2.93. The van der Waals surface area contributed by atoms with Gasteiger partial charge in [-0.1, -0.05) is 42.5 Å². The summed E-state index contributed by atoms with van der Waals surface area (Å²) in [6, 6.07) is 21.3. The van der Waals surface area contributed by atoms with E-state index in [9.17, 15) is 14.7 Å². The summed E-state index contributed by atoms with van der Waals surface area (Å²) in [5.74, 6) is 0.231. The molecule has 1 saturated heterocycles. The number of rotatable bonds is 0. The Kier molecular flexibility index (Phi) is 3.22. The summed E-state index contributed by atoms with van der Waals surface area (Å²) in [5.41, 5.74) is 1.58. The van der Waals surface area contributed by atoms with Crippen molar-refractivity contribution in [2.45, 2.75) is 24.2 Å². The van der Waals surface area contributed by atoms with E-state index in [1.165, 1.54) is 0 Å². The molecule has 3 aromatic carbocycles. The molecule has 3 aliphatic rings. The topological polar surface area (TPSA) is 87.5 Å². The van der Waals surface area contributed by atoms with Crippen molar-refractivity contribution in [1.29, 1.82) is 0 Å². The zero-order chi connectivity index (χ0) is 21.6. The summed E-state index contributed by atoms with van der Waals surface area (Å²) < 4.78 is 1.55. The summed E-state index contributed by atoms with van der Waals surface area (Å²) in [5, 5.41) is 15.6. The molecule has 0 radical (unpaired) electrons. The summed E-state index contributed by atoms with van der Waals surface area (Å²) >= 11 is 0. The van der Waals surface area contributed by atoms with Crippen LogP contribution in [0.25, 0.3) is 16.6 Å². The molecular formula is C25H18N4O3. The number of aliphatic hydroxyl groups is 1. The van der Waals surface area contributed by atoms with Gasteiger partial charge in [0.05, 0.1) is 28.2 Å². The summed E-state index contributed by atoms with van der Waals surface area (Å²) in [6.07, 6.45) is -0.410. The number of carbonyl (C=O) groups excluding carboxylic acids is 1. The largest absolute Gasteiger partial charge is 0.381 e. The van der Waals surface area contributed by atoms with Gasteiger partial charge in [0.25, 0.3) is 11.5 Å². The molecule has 1 unspecified atom stereocenters. The predicted molar refractivity (Wildman–Crippen MR) is 119 cm³/mol. The maximum Gasteiger partial charge on any atom is 0.266 e. The smallest absolute Gasteiger partial charge is 0.266 e. The monoisotopic (exact) mass is 422 g/mol. The van der Waals surface area contributed by atoms with Crippen molar-refractivity contribution in [1.82, 2.24) is 14.5 Å². The second-order valence-electron chi connectivity index (χ2n) is 8.59. The van der Waals surface area contributed by atoms with Crippen molar-refractivity contribution in [3.8, 4) is 5.69 Å². The average molecular weight is 422 g/mol. The maximum atomic E-state index is 13.9. The van der Waals surface area contributed by atoms with Crippen LogP contribution in [0.15, 0.2) is 77.6 Å². The van der Waals surface area contributed by atoms with Crippen LogP contribution in [0.4, 0.5) is 5.69 Å². The van der Waals surface area contributed by atoms with Crippen LogP contribution in [-0.2, 0) is 5.60 Å². The number of nitrogens with zero attached hydrogens (tertiary/aromatic N) is 3. The van der Waals surface area contributed by atoms with Crippen LogP contribution in [0.5, 0.6) is 0 Å². The van der Waals surface area contributed by atoms with E-state index in [4.69, 9.17) is 4.98 Å². The Labute approximate surface area is 182 Å². The maximum absolute atomic E-state index is 13.9. The van der Waals surface area contributed by atoms with Crippen LogP contribution < -0.4 is 10.9 Å². The molecule has 2 N–H and O–H groups in total. The number of fused-ring (bicyclic) bond motifs is 10. The summed E-state index contributed by atoms with van der Waals surface area (Å²) in [6.45, 7) is 0. The molecule has 3 atom stereocenters. The van der Waals surface area contributed by atoms with Gasteiger partial charge in [-0.15, -0.1) is 0 Å². The molecule has 4 heterocycles. The Bertz CT molecular complexity index is 1530. The van der Waals surface area contributed by atoms with E-state index in [-0.39, 0.29) is 17.9 Å². The lowest BCUT2D eigenvalue weighted by Gasteiger charge is -2.29. The standard InChI is InChI=1S/C25H18N4O3/c30-22-14-7-1-4-10-17(14)26-21-20-13-25(32)16-9-3-5-11-18(16)27-24(25)29(20)23(31)15-8-2-6-12-19(15)28(21)22/h1-12,20,24,27,32H,13H2/t20-,24?,25-/m0/s1. The zero-order valence-electron chi connectivity index (χ0n) is 16.9. The lowest BCUT2D eigenvalue weighted by atomic mass is 9.91. The van der Waals surface area contributed by atoms with Crippen molar-refractivity contribution in [3.63, 3.8) is 0 Å². The molecule has 7 heteroatoms. The van der Waals surface area contributed by atoms with Gasteiger partial charge in [-0.05, 0) is 30.3 Å². The molecule has 1 aromatic heterocycles. The molecule has 7 nitrogen and oxygen atoms in total. The third-order valence-electron chi connectivity index (χ3n) is 6.97. The molecule has 156 valence electrons. The van der Waals surface area contributed by atoms with Crippen molar-refractivity contribution in [2.24, 2.45) is 0 Å². The Morgan fingerprint density at radius 2 is 1.72 bits per heavy atom. The average Bonchev–Trinajstić information content (AvgIpc) is 3.23. The fraction of sp³-hybridized carbons (Fsp3) is 0.160. The molecule has 7 rings (SSSR count). The number of amides is 1. The van der Waals surface area contributed by atoms with Gasteiger partial charge in [-0.25, -0.2) is 4.98 Å². The van der Waals surface area contributed by atoms with Crippen LogP contribution in [0, 0.1) is 0 Å². The number of para-hydroxylation sites is 3. The van der Waals surface area contributed by atoms with Crippen LogP contribution in [0.3, 0.4) is 0 Å². The third kappa shape index (κ3) is 2.01. The second-order valence-corrected chi connectivity index (χ2v) is 8.59. The Morgan fingerprint density at radius 3 is 2.62 bits per heavy atom. The van der Waals surface area contributed by atoms with Gasteiger partial charge in [0, 0.05) is 17.7 Å². The van der Waals surface area contributed by atoms with E-state index < -0.39 is 17.8 Å². The molecule has 0 bridgehead atoms. The number of nitrogens with one attached hydrogen (secondary N) is 1. The fourth-order valence-corrected chi connectivity index (χ4v) is 5.56. The quantitative estimate of drug-likeness (QED) is 0.455. The van der Waals surface area contributed by atoms with E-state index in [1.807, 2.05) is 42.5 Å². The second kappa shape index (κ2) is 5.83. The highest BCUT2D eigenvalue weighted by Gasteiger charge is 2.60.